The number of imide groups is 1. The molecule has 2 amide bonds. The first-order chi connectivity index (χ1) is 14.8. The second-order valence-corrected chi connectivity index (χ2v) is 8.31. The van der Waals surface area contributed by atoms with Crippen molar-refractivity contribution in [2.75, 3.05) is 13.2 Å². The number of ether oxygens (including phenoxy) is 1. The first kappa shape index (κ1) is 24.7. The summed E-state index contributed by atoms with van der Waals surface area (Å²) in [5.41, 5.74) is 5.62. The van der Waals surface area contributed by atoms with Gasteiger partial charge in [-0.15, -0.1) is 20.2 Å². The minimum absolute atomic E-state index is 0.00112. The van der Waals surface area contributed by atoms with E-state index >= 15 is 0 Å². The average molecular weight is 456 g/mol. The van der Waals surface area contributed by atoms with Crippen molar-refractivity contribution in [1.29, 1.82) is 0 Å². The molecule has 0 bridgehead atoms. The second-order valence-electron chi connectivity index (χ2n) is 8.31. The maximum atomic E-state index is 12.7. The van der Waals surface area contributed by atoms with Gasteiger partial charge in [-0.2, -0.15) is 0 Å². The van der Waals surface area contributed by atoms with Crippen LogP contribution in [0.4, 0.5) is 0 Å². The van der Waals surface area contributed by atoms with E-state index in [0.29, 0.717) is 11.3 Å². The van der Waals surface area contributed by atoms with Crippen molar-refractivity contribution < 1.29 is 39.3 Å². The van der Waals surface area contributed by atoms with Crippen LogP contribution in [0.3, 0.4) is 0 Å². The smallest absolute Gasteiger partial charge is 0.294 e. The number of fused-ring (bicyclic) bond motifs is 1. The Bertz CT molecular complexity index is 900. The van der Waals surface area contributed by atoms with E-state index in [9.17, 15) is 34.9 Å². The van der Waals surface area contributed by atoms with Crippen molar-refractivity contribution in [3.63, 3.8) is 0 Å². The van der Waals surface area contributed by atoms with E-state index in [2.05, 4.69) is 9.68 Å². The lowest BCUT2D eigenvalue weighted by molar-refractivity contribution is -0.789. The number of aliphatic hydroxyl groups is 1. The Hall–Kier alpha value is -3.52. The number of benzene rings is 1. The third kappa shape index (κ3) is 6.49. The Balaban J connectivity index is 2.14. The van der Waals surface area contributed by atoms with Crippen LogP contribution in [0.25, 0.3) is 0 Å². The molecule has 0 aliphatic carbocycles. The van der Waals surface area contributed by atoms with Gasteiger partial charge in [0.2, 0.25) is 0 Å². The van der Waals surface area contributed by atoms with Crippen molar-refractivity contribution >= 4 is 11.8 Å². The minimum Gasteiger partial charge on any atom is -0.473 e. The van der Waals surface area contributed by atoms with E-state index < -0.39 is 53.6 Å². The number of aliphatic hydroxyl groups excluding tert-OH is 1. The Kier molecular flexibility index (Phi) is 7.53. The van der Waals surface area contributed by atoms with Crippen molar-refractivity contribution in [2.45, 2.75) is 45.6 Å². The van der Waals surface area contributed by atoms with Gasteiger partial charge in [-0.3, -0.25) is 20.2 Å². The Morgan fingerprint density at radius 1 is 1.12 bits per heavy atom. The van der Waals surface area contributed by atoms with Crippen LogP contribution in [0.5, 0.6) is 5.75 Å². The van der Waals surface area contributed by atoms with E-state index in [0.717, 1.165) is 0 Å². The molecule has 14 heteroatoms. The molecule has 14 nitrogen and oxygen atoms in total. The third-order valence-electron chi connectivity index (χ3n) is 4.40. The molecule has 2 rings (SSSR count). The average Bonchev–Trinajstić information content (AvgIpc) is 2.88. The van der Waals surface area contributed by atoms with E-state index in [1.54, 1.807) is 0 Å². The summed E-state index contributed by atoms with van der Waals surface area (Å²) < 4.78 is 5.50. The maximum Gasteiger partial charge on any atom is 0.294 e. The molecule has 3 atom stereocenters. The van der Waals surface area contributed by atoms with Crippen molar-refractivity contribution in [1.82, 2.24) is 4.90 Å². The number of hydrogen-bond donors (Lipinski definition) is 2. The van der Waals surface area contributed by atoms with Gasteiger partial charge in [0.15, 0.2) is 6.23 Å². The highest BCUT2D eigenvalue weighted by atomic mass is 17.0. The molecule has 0 saturated heterocycles. The highest BCUT2D eigenvalue weighted by Gasteiger charge is 2.38. The Labute approximate surface area is 182 Å². The Morgan fingerprint density at radius 2 is 1.75 bits per heavy atom. The number of carbonyl (C=O) groups is 2. The molecule has 3 unspecified atom stereocenters. The highest BCUT2D eigenvalue weighted by Crippen LogP contribution is 2.28. The predicted molar refractivity (Wildman–Crippen MR) is 105 cm³/mol. The SMILES string of the molecule is CC(C)(C)CC(O)C(N)Oc1ccc2c(c1)C(=O)N(CC(CO[N+](=O)[O-])O[N+](=O)[O-])C2=O. The molecule has 0 aromatic heterocycles. The first-order valence-electron chi connectivity index (χ1n) is 9.47. The molecule has 0 radical (unpaired) electrons. The van der Waals surface area contributed by atoms with Crippen LogP contribution in [-0.4, -0.2) is 63.6 Å². The molecular formula is C18H24N4O10. The number of hydrogen-bond acceptors (Lipinski definition) is 11. The molecule has 1 aliphatic heterocycles. The van der Waals surface area contributed by atoms with E-state index in [1.165, 1.54) is 18.2 Å². The minimum atomic E-state index is -1.57. The van der Waals surface area contributed by atoms with Gasteiger partial charge in [-0.1, -0.05) is 20.8 Å². The molecule has 176 valence electrons. The molecule has 0 fully saturated rings. The van der Waals surface area contributed by atoms with Crippen molar-refractivity contribution in [2.24, 2.45) is 11.1 Å². The van der Waals surface area contributed by atoms with Gasteiger partial charge < -0.3 is 19.5 Å². The summed E-state index contributed by atoms with van der Waals surface area (Å²) in [6.07, 6.45) is -3.30. The molecule has 1 aromatic rings. The van der Waals surface area contributed by atoms with Crippen LogP contribution < -0.4 is 10.5 Å². The monoisotopic (exact) mass is 456 g/mol. The fourth-order valence-corrected chi connectivity index (χ4v) is 3.07. The molecule has 1 heterocycles. The van der Waals surface area contributed by atoms with E-state index in [4.69, 9.17) is 10.5 Å². The number of amides is 2. The summed E-state index contributed by atoms with van der Waals surface area (Å²) in [5, 5.41) is 28.8. The normalized spacial score (nSPS) is 16.2. The van der Waals surface area contributed by atoms with Gasteiger partial charge in [0, 0.05) is 0 Å². The summed E-state index contributed by atoms with van der Waals surface area (Å²) in [6, 6.07) is 3.96. The quantitative estimate of drug-likeness (QED) is 0.204. The van der Waals surface area contributed by atoms with E-state index in [1.807, 2.05) is 20.8 Å². The summed E-state index contributed by atoms with van der Waals surface area (Å²) >= 11 is 0. The number of nitrogens with two attached hydrogens (primary N) is 1. The summed E-state index contributed by atoms with van der Waals surface area (Å²) in [7, 11) is 0. The maximum absolute atomic E-state index is 12.7. The third-order valence-corrected chi connectivity index (χ3v) is 4.40. The summed E-state index contributed by atoms with van der Waals surface area (Å²) in [5.74, 6) is -1.45. The van der Waals surface area contributed by atoms with Gasteiger partial charge in [0.1, 0.15) is 24.6 Å². The number of carbonyl (C=O) groups excluding carboxylic acids is 2. The van der Waals surface area contributed by atoms with Crippen LogP contribution >= 0.6 is 0 Å². The van der Waals surface area contributed by atoms with Crippen LogP contribution in [0, 0.1) is 25.6 Å². The topological polar surface area (TPSA) is 198 Å². The van der Waals surface area contributed by atoms with Crippen LogP contribution in [0.15, 0.2) is 18.2 Å². The van der Waals surface area contributed by atoms with Gasteiger partial charge in [0.05, 0.1) is 17.7 Å². The fraction of sp³-hybridized carbons (Fsp3) is 0.556. The highest BCUT2D eigenvalue weighted by molar-refractivity contribution is 6.21. The summed E-state index contributed by atoms with van der Waals surface area (Å²) in [6.45, 7) is 4.24. The largest absolute Gasteiger partial charge is 0.473 e. The molecule has 1 aliphatic rings. The fourth-order valence-electron chi connectivity index (χ4n) is 3.07. The first-order valence-corrected chi connectivity index (χ1v) is 9.47. The lowest BCUT2D eigenvalue weighted by Crippen LogP contribution is -2.41. The van der Waals surface area contributed by atoms with Gasteiger partial charge in [-0.05, 0) is 30.0 Å². The van der Waals surface area contributed by atoms with Crippen LogP contribution in [0.1, 0.15) is 47.9 Å². The van der Waals surface area contributed by atoms with Crippen molar-refractivity contribution in [3.8, 4) is 5.75 Å². The second kappa shape index (κ2) is 9.74. The zero-order valence-corrected chi connectivity index (χ0v) is 17.6. The van der Waals surface area contributed by atoms with Crippen molar-refractivity contribution in [3.05, 3.63) is 49.6 Å². The zero-order valence-electron chi connectivity index (χ0n) is 17.6. The summed E-state index contributed by atoms with van der Waals surface area (Å²) in [4.78, 5) is 55.2. The number of nitrogens with zero attached hydrogens (tertiary/aromatic N) is 3. The molecule has 32 heavy (non-hydrogen) atoms. The molecule has 1 aromatic carbocycles. The standard InChI is InChI=1S/C18H24N4O10/c1-18(2,3)7-14(23)15(19)31-10-4-5-12-13(6-10)17(25)20(16(12)24)8-11(32-22(28)29)9-30-21(26)27/h4-6,11,14-15,23H,7-9,19H2,1-3H3. The molecule has 0 saturated carbocycles. The molecule has 3 N–H and O–H groups in total. The van der Waals surface area contributed by atoms with Gasteiger partial charge in [0.25, 0.3) is 22.0 Å². The lowest BCUT2D eigenvalue weighted by atomic mass is 9.89. The Morgan fingerprint density at radius 3 is 2.31 bits per heavy atom. The van der Waals surface area contributed by atoms with E-state index in [-0.39, 0.29) is 22.3 Å². The van der Waals surface area contributed by atoms with Gasteiger partial charge in [-0.25, -0.2) is 0 Å². The predicted octanol–water partition coefficient (Wildman–Crippen LogP) is 0.529. The van der Waals surface area contributed by atoms with Crippen LogP contribution in [-0.2, 0) is 9.68 Å². The zero-order chi connectivity index (χ0) is 24.2. The molecule has 0 spiro atoms. The lowest BCUT2D eigenvalue weighted by Gasteiger charge is -2.26. The molecular weight excluding hydrogens is 432 g/mol. The number of rotatable bonds is 11. The van der Waals surface area contributed by atoms with Crippen LogP contribution in [0.2, 0.25) is 0 Å². The van der Waals surface area contributed by atoms with Gasteiger partial charge >= 0.3 is 0 Å².